The number of carbonyl (C=O) groups is 2. The van der Waals surface area contributed by atoms with Crippen LogP contribution in [-0.2, 0) is 19.6 Å². The molecular weight excluding hydrogens is 358 g/mol. The summed E-state index contributed by atoms with van der Waals surface area (Å²) in [5, 5.41) is 11.2. The van der Waals surface area contributed by atoms with Gasteiger partial charge in [-0.2, -0.15) is 0 Å². The Hall–Kier alpha value is -2.91. The first-order chi connectivity index (χ1) is 12.2. The molecule has 0 aromatic heterocycles. The molecule has 2 aromatic carbocycles. The smallest absolute Gasteiger partial charge is 0.305 e. The average molecular weight is 377 g/mol. The van der Waals surface area contributed by atoms with Crippen LogP contribution >= 0.6 is 0 Å². The number of rotatable bonds is 7. The predicted octanol–water partition coefficient (Wildman–Crippen LogP) is 1.54. The van der Waals surface area contributed by atoms with Crippen LogP contribution in [0.4, 0.5) is 11.4 Å². The van der Waals surface area contributed by atoms with E-state index in [1.165, 1.54) is 18.2 Å². The number of carboxylic acids is 1. The maximum Gasteiger partial charge on any atom is 0.305 e. The molecule has 0 bridgehead atoms. The number of hydrogen-bond acceptors (Lipinski definition) is 5. The molecule has 26 heavy (non-hydrogen) atoms. The Morgan fingerprint density at radius 2 is 1.81 bits per heavy atom. The molecule has 0 unspecified atom stereocenters. The molecule has 0 heterocycles. The van der Waals surface area contributed by atoms with Gasteiger partial charge in [-0.3, -0.25) is 14.3 Å². The van der Waals surface area contributed by atoms with E-state index in [1.54, 1.807) is 37.3 Å². The van der Waals surface area contributed by atoms with Crippen LogP contribution in [-0.4, -0.2) is 31.4 Å². The number of hydrogen-bond donors (Lipinski definition) is 4. The van der Waals surface area contributed by atoms with Crippen molar-refractivity contribution in [1.82, 2.24) is 0 Å². The zero-order chi connectivity index (χ0) is 19.3. The van der Waals surface area contributed by atoms with Crippen molar-refractivity contribution in [3.63, 3.8) is 0 Å². The van der Waals surface area contributed by atoms with Gasteiger partial charge in [-0.1, -0.05) is 24.3 Å². The van der Waals surface area contributed by atoms with Crippen molar-refractivity contribution in [3.05, 3.63) is 54.1 Å². The Labute approximate surface area is 151 Å². The van der Waals surface area contributed by atoms with E-state index in [0.717, 1.165) is 0 Å². The molecule has 1 amide bonds. The van der Waals surface area contributed by atoms with E-state index < -0.39 is 34.4 Å². The lowest BCUT2D eigenvalue weighted by Gasteiger charge is -2.14. The molecule has 0 saturated heterocycles. The molecule has 1 atom stereocenters. The summed E-state index contributed by atoms with van der Waals surface area (Å²) < 4.78 is 27.2. The molecule has 0 saturated carbocycles. The molecule has 138 valence electrons. The first kappa shape index (κ1) is 19.4. The van der Waals surface area contributed by atoms with Crippen molar-refractivity contribution < 1.29 is 23.1 Å². The number of nitrogens with one attached hydrogen (secondary N) is 2. The van der Waals surface area contributed by atoms with E-state index in [1.807, 2.05) is 0 Å². The zero-order valence-electron chi connectivity index (χ0n) is 14.0. The molecule has 0 aliphatic carbocycles. The van der Waals surface area contributed by atoms with E-state index in [-0.39, 0.29) is 10.6 Å². The summed E-state index contributed by atoms with van der Waals surface area (Å²) in [5.41, 5.74) is 6.79. The van der Waals surface area contributed by atoms with E-state index in [4.69, 9.17) is 10.8 Å². The molecule has 2 rings (SSSR count). The average Bonchev–Trinajstić information content (AvgIpc) is 2.57. The summed E-state index contributed by atoms with van der Waals surface area (Å²) >= 11 is 0. The van der Waals surface area contributed by atoms with Crippen molar-refractivity contribution in [2.45, 2.75) is 24.3 Å². The van der Waals surface area contributed by atoms with Gasteiger partial charge in [-0.15, -0.1) is 0 Å². The second kappa shape index (κ2) is 7.98. The van der Waals surface area contributed by atoms with Gasteiger partial charge in [0.05, 0.1) is 23.0 Å². The maximum absolute atomic E-state index is 12.4. The molecule has 0 aliphatic heterocycles. The molecule has 5 N–H and O–H groups in total. The van der Waals surface area contributed by atoms with Gasteiger partial charge >= 0.3 is 5.97 Å². The second-order valence-corrected chi connectivity index (χ2v) is 7.32. The fourth-order valence-electron chi connectivity index (χ4n) is 2.14. The van der Waals surface area contributed by atoms with Gasteiger partial charge in [0.1, 0.15) is 0 Å². The van der Waals surface area contributed by atoms with E-state index in [0.29, 0.717) is 11.3 Å². The lowest BCUT2D eigenvalue weighted by Crippen LogP contribution is -2.37. The highest BCUT2D eigenvalue weighted by molar-refractivity contribution is 7.92. The van der Waals surface area contributed by atoms with Crippen molar-refractivity contribution >= 4 is 33.3 Å². The van der Waals surface area contributed by atoms with Crippen molar-refractivity contribution in [1.29, 1.82) is 0 Å². The standard InChI is InChI=1S/C17H19N3O5S/c1-11-7-8-12(20-26(24,25)13-5-3-2-4-6-13)9-15(11)19-17(23)14(18)10-16(21)22/h2-9,14,20H,10,18H2,1H3,(H,19,23)(H,21,22)/t14-/m0/s1. The Morgan fingerprint density at radius 1 is 1.15 bits per heavy atom. The third-order valence-corrected chi connectivity index (χ3v) is 4.93. The fraction of sp³-hybridized carbons (Fsp3) is 0.176. The summed E-state index contributed by atoms with van der Waals surface area (Å²) in [4.78, 5) is 22.7. The summed E-state index contributed by atoms with van der Waals surface area (Å²) in [5.74, 6) is -1.85. The topological polar surface area (TPSA) is 139 Å². The van der Waals surface area contributed by atoms with Crippen LogP contribution in [0.1, 0.15) is 12.0 Å². The zero-order valence-corrected chi connectivity index (χ0v) is 14.8. The number of aryl methyl sites for hydroxylation is 1. The maximum atomic E-state index is 12.4. The molecule has 0 aliphatic rings. The van der Waals surface area contributed by atoms with Crippen molar-refractivity contribution in [2.24, 2.45) is 5.73 Å². The minimum absolute atomic E-state index is 0.106. The quantitative estimate of drug-likeness (QED) is 0.577. The largest absolute Gasteiger partial charge is 0.481 e. The van der Waals surface area contributed by atoms with E-state index in [9.17, 15) is 18.0 Å². The SMILES string of the molecule is Cc1ccc(NS(=O)(=O)c2ccccc2)cc1NC(=O)[C@@H](N)CC(=O)O. The van der Waals surface area contributed by atoms with Crippen LogP contribution in [0.2, 0.25) is 0 Å². The second-order valence-electron chi connectivity index (χ2n) is 5.64. The number of nitrogens with two attached hydrogens (primary N) is 1. The Balaban J connectivity index is 2.19. The van der Waals surface area contributed by atoms with Crippen LogP contribution in [0.15, 0.2) is 53.4 Å². The summed E-state index contributed by atoms with van der Waals surface area (Å²) in [6.45, 7) is 1.72. The van der Waals surface area contributed by atoms with Crippen LogP contribution in [0.3, 0.4) is 0 Å². The molecule has 0 spiro atoms. The summed E-state index contributed by atoms with van der Waals surface area (Å²) in [6.07, 6.45) is -0.509. The highest BCUT2D eigenvalue weighted by Crippen LogP contribution is 2.23. The van der Waals surface area contributed by atoms with Crippen molar-refractivity contribution in [3.8, 4) is 0 Å². The number of aliphatic carboxylic acids is 1. The lowest BCUT2D eigenvalue weighted by atomic mass is 10.1. The van der Waals surface area contributed by atoms with E-state index >= 15 is 0 Å². The number of amides is 1. The molecular formula is C17H19N3O5S. The van der Waals surface area contributed by atoms with Crippen LogP contribution < -0.4 is 15.8 Å². The minimum Gasteiger partial charge on any atom is -0.481 e. The minimum atomic E-state index is -3.77. The van der Waals surface area contributed by atoms with Crippen LogP contribution in [0, 0.1) is 6.92 Å². The van der Waals surface area contributed by atoms with Gasteiger partial charge in [0.25, 0.3) is 10.0 Å². The van der Waals surface area contributed by atoms with Gasteiger partial charge in [-0.25, -0.2) is 8.42 Å². The predicted molar refractivity (Wildman–Crippen MR) is 97.3 cm³/mol. The lowest BCUT2D eigenvalue weighted by molar-refractivity contribution is -0.138. The van der Waals surface area contributed by atoms with Gasteiger partial charge in [0.2, 0.25) is 5.91 Å². The molecule has 9 heteroatoms. The Kier molecular flexibility index (Phi) is 5.96. The molecule has 0 fully saturated rings. The van der Waals surface area contributed by atoms with Crippen molar-refractivity contribution in [2.75, 3.05) is 10.0 Å². The monoisotopic (exact) mass is 377 g/mol. The normalized spacial score (nSPS) is 12.2. The van der Waals surface area contributed by atoms with Gasteiger partial charge in [0.15, 0.2) is 0 Å². The van der Waals surface area contributed by atoms with Gasteiger partial charge in [-0.05, 0) is 36.8 Å². The van der Waals surface area contributed by atoms with Gasteiger partial charge < -0.3 is 16.2 Å². The third-order valence-electron chi connectivity index (χ3n) is 3.53. The number of sulfonamides is 1. The van der Waals surface area contributed by atoms with Crippen LogP contribution in [0.25, 0.3) is 0 Å². The first-order valence-electron chi connectivity index (χ1n) is 7.66. The summed E-state index contributed by atoms with van der Waals surface area (Å²) in [7, 11) is -3.77. The van der Waals surface area contributed by atoms with Gasteiger partial charge in [0, 0.05) is 5.69 Å². The Bertz CT molecular complexity index is 913. The molecule has 0 radical (unpaired) electrons. The fourth-order valence-corrected chi connectivity index (χ4v) is 3.21. The summed E-state index contributed by atoms with van der Waals surface area (Å²) in [6, 6.07) is 11.3. The number of carboxylic acid groups (broad SMARTS) is 1. The Morgan fingerprint density at radius 3 is 2.42 bits per heavy atom. The van der Waals surface area contributed by atoms with E-state index in [2.05, 4.69) is 10.0 Å². The molecule has 8 nitrogen and oxygen atoms in total. The first-order valence-corrected chi connectivity index (χ1v) is 9.14. The number of carbonyl (C=O) groups excluding carboxylic acids is 1. The number of anilines is 2. The molecule has 2 aromatic rings. The number of benzene rings is 2. The van der Waals surface area contributed by atoms with Crippen LogP contribution in [0.5, 0.6) is 0 Å². The highest BCUT2D eigenvalue weighted by Gasteiger charge is 2.19. The highest BCUT2D eigenvalue weighted by atomic mass is 32.2. The third kappa shape index (κ3) is 5.04.